The zero-order valence-corrected chi connectivity index (χ0v) is 11.4. The van der Waals surface area contributed by atoms with Gasteiger partial charge in [0.1, 0.15) is 11.6 Å². The van der Waals surface area contributed by atoms with E-state index in [0.29, 0.717) is 23.8 Å². The molecule has 6 heteroatoms. The van der Waals surface area contributed by atoms with Crippen molar-refractivity contribution in [2.24, 2.45) is 11.7 Å². The minimum absolute atomic E-state index is 0.0192. The summed E-state index contributed by atoms with van der Waals surface area (Å²) in [6, 6.07) is 3.42. The van der Waals surface area contributed by atoms with Crippen LogP contribution in [-0.2, 0) is 6.42 Å². The van der Waals surface area contributed by atoms with Crippen LogP contribution in [0.15, 0.2) is 22.7 Å². The summed E-state index contributed by atoms with van der Waals surface area (Å²) >= 11 is 0. The maximum absolute atomic E-state index is 13.5. The van der Waals surface area contributed by atoms with Crippen LogP contribution in [0.2, 0.25) is 0 Å². The third-order valence-electron chi connectivity index (χ3n) is 3.22. The molecule has 20 heavy (non-hydrogen) atoms. The second-order valence-corrected chi connectivity index (χ2v) is 5.05. The summed E-state index contributed by atoms with van der Waals surface area (Å²) in [7, 11) is 0. The number of nitrogens with two attached hydrogens (primary N) is 1. The Morgan fingerprint density at radius 3 is 2.65 bits per heavy atom. The standard InChI is InChI=1S/C14H17F2N3O/c1-8(2)11(7-17)14-18-13(19-20-14)5-9-3-4-10(15)6-12(9)16/h3-4,6,8,11H,5,7,17H2,1-2H3. The average Bonchev–Trinajstić information content (AvgIpc) is 2.81. The van der Waals surface area contributed by atoms with Gasteiger partial charge in [-0.3, -0.25) is 0 Å². The van der Waals surface area contributed by atoms with E-state index in [0.717, 1.165) is 6.07 Å². The maximum atomic E-state index is 13.5. The fourth-order valence-corrected chi connectivity index (χ4v) is 1.98. The van der Waals surface area contributed by atoms with E-state index in [1.807, 2.05) is 13.8 Å². The Morgan fingerprint density at radius 2 is 2.05 bits per heavy atom. The van der Waals surface area contributed by atoms with Crippen molar-refractivity contribution in [3.63, 3.8) is 0 Å². The van der Waals surface area contributed by atoms with Gasteiger partial charge in [0, 0.05) is 19.0 Å². The molecule has 2 N–H and O–H groups in total. The summed E-state index contributed by atoms with van der Waals surface area (Å²) in [5.41, 5.74) is 6.01. The summed E-state index contributed by atoms with van der Waals surface area (Å²) < 4.78 is 31.6. The van der Waals surface area contributed by atoms with Crippen LogP contribution in [0.1, 0.15) is 37.0 Å². The van der Waals surface area contributed by atoms with E-state index in [4.69, 9.17) is 10.3 Å². The van der Waals surface area contributed by atoms with Crippen LogP contribution in [-0.4, -0.2) is 16.7 Å². The van der Waals surface area contributed by atoms with Gasteiger partial charge in [0.25, 0.3) is 0 Å². The first-order valence-electron chi connectivity index (χ1n) is 6.47. The lowest BCUT2D eigenvalue weighted by Crippen LogP contribution is -2.18. The molecule has 0 aliphatic rings. The van der Waals surface area contributed by atoms with Crippen molar-refractivity contribution in [2.45, 2.75) is 26.2 Å². The molecule has 0 amide bonds. The molecule has 0 saturated heterocycles. The zero-order valence-electron chi connectivity index (χ0n) is 11.4. The molecular weight excluding hydrogens is 264 g/mol. The molecule has 0 spiro atoms. The third kappa shape index (κ3) is 3.19. The predicted molar refractivity (Wildman–Crippen MR) is 70.1 cm³/mol. The van der Waals surface area contributed by atoms with Gasteiger partial charge in [0.05, 0.1) is 5.92 Å². The number of aromatic nitrogens is 2. The van der Waals surface area contributed by atoms with Gasteiger partial charge in [-0.25, -0.2) is 8.78 Å². The third-order valence-corrected chi connectivity index (χ3v) is 3.22. The van der Waals surface area contributed by atoms with E-state index in [-0.39, 0.29) is 18.3 Å². The number of rotatable bonds is 5. The number of nitrogens with zero attached hydrogens (tertiary/aromatic N) is 2. The predicted octanol–water partition coefficient (Wildman–Crippen LogP) is 2.64. The van der Waals surface area contributed by atoms with Gasteiger partial charge < -0.3 is 10.3 Å². The van der Waals surface area contributed by atoms with Crippen molar-refractivity contribution in [3.8, 4) is 0 Å². The first kappa shape index (κ1) is 14.6. The molecule has 0 bridgehead atoms. The normalized spacial score (nSPS) is 12.9. The molecule has 1 heterocycles. The van der Waals surface area contributed by atoms with Crippen molar-refractivity contribution in [1.82, 2.24) is 10.1 Å². The van der Waals surface area contributed by atoms with E-state index < -0.39 is 11.6 Å². The van der Waals surface area contributed by atoms with Crippen LogP contribution in [0.3, 0.4) is 0 Å². The minimum atomic E-state index is -0.615. The highest BCUT2D eigenvalue weighted by molar-refractivity contribution is 5.21. The van der Waals surface area contributed by atoms with Crippen LogP contribution in [0.5, 0.6) is 0 Å². The molecule has 1 unspecified atom stereocenters. The first-order valence-corrected chi connectivity index (χ1v) is 6.47. The molecule has 2 rings (SSSR count). The van der Waals surface area contributed by atoms with E-state index in [2.05, 4.69) is 10.1 Å². The SMILES string of the molecule is CC(C)C(CN)c1nc(Cc2ccc(F)cc2F)no1. The van der Waals surface area contributed by atoms with Gasteiger partial charge in [-0.05, 0) is 17.5 Å². The molecule has 1 aromatic heterocycles. The molecule has 108 valence electrons. The molecule has 4 nitrogen and oxygen atoms in total. The largest absolute Gasteiger partial charge is 0.339 e. The molecule has 0 radical (unpaired) electrons. The van der Waals surface area contributed by atoms with Gasteiger partial charge in [-0.1, -0.05) is 25.1 Å². The number of benzene rings is 1. The van der Waals surface area contributed by atoms with E-state index in [9.17, 15) is 8.78 Å². The smallest absolute Gasteiger partial charge is 0.231 e. The van der Waals surface area contributed by atoms with Crippen molar-refractivity contribution in [2.75, 3.05) is 6.54 Å². The number of hydrogen-bond donors (Lipinski definition) is 1. The fourth-order valence-electron chi connectivity index (χ4n) is 1.98. The first-order chi connectivity index (χ1) is 9.51. The van der Waals surface area contributed by atoms with Crippen molar-refractivity contribution in [3.05, 3.63) is 47.1 Å². The Hall–Kier alpha value is -1.82. The second kappa shape index (κ2) is 6.09. The van der Waals surface area contributed by atoms with Crippen LogP contribution < -0.4 is 5.73 Å². The highest BCUT2D eigenvalue weighted by atomic mass is 19.1. The quantitative estimate of drug-likeness (QED) is 0.915. The summed E-state index contributed by atoms with van der Waals surface area (Å²) in [5.74, 6) is -0.145. The molecule has 0 aliphatic carbocycles. The molecule has 0 fully saturated rings. The van der Waals surface area contributed by atoms with Crippen molar-refractivity contribution in [1.29, 1.82) is 0 Å². The lowest BCUT2D eigenvalue weighted by Gasteiger charge is -2.13. The van der Waals surface area contributed by atoms with Crippen LogP contribution in [0, 0.1) is 17.6 Å². The van der Waals surface area contributed by atoms with E-state index in [1.54, 1.807) is 0 Å². The zero-order chi connectivity index (χ0) is 14.7. The van der Waals surface area contributed by atoms with Gasteiger partial charge in [0.2, 0.25) is 5.89 Å². The second-order valence-electron chi connectivity index (χ2n) is 5.05. The fraction of sp³-hybridized carbons (Fsp3) is 0.429. The lowest BCUT2D eigenvalue weighted by molar-refractivity contribution is 0.322. The maximum Gasteiger partial charge on any atom is 0.231 e. The Balaban J connectivity index is 2.17. The highest BCUT2D eigenvalue weighted by Gasteiger charge is 2.21. The van der Waals surface area contributed by atoms with Crippen molar-refractivity contribution >= 4 is 0 Å². The molecule has 1 atom stereocenters. The molecule has 0 aliphatic heterocycles. The van der Waals surface area contributed by atoms with E-state index >= 15 is 0 Å². The van der Waals surface area contributed by atoms with Crippen molar-refractivity contribution < 1.29 is 13.3 Å². The van der Waals surface area contributed by atoms with Crippen LogP contribution >= 0.6 is 0 Å². The summed E-state index contributed by atoms with van der Waals surface area (Å²) in [4.78, 5) is 4.24. The van der Waals surface area contributed by atoms with Gasteiger partial charge in [0.15, 0.2) is 5.82 Å². The Bertz CT molecular complexity index is 584. The molecule has 0 saturated carbocycles. The summed E-state index contributed by atoms with van der Waals surface area (Å²) in [6.07, 6.45) is 0.158. The monoisotopic (exact) mass is 281 g/mol. The molecular formula is C14H17F2N3O. The Labute approximate surface area is 116 Å². The number of hydrogen-bond acceptors (Lipinski definition) is 4. The van der Waals surface area contributed by atoms with Gasteiger partial charge >= 0.3 is 0 Å². The summed E-state index contributed by atoms with van der Waals surface area (Å²) in [6.45, 7) is 4.44. The average molecular weight is 281 g/mol. The van der Waals surface area contributed by atoms with Gasteiger partial charge in [-0.15, -0.1) is 0 Å². The highest BCUT2D eigenvalue weighted by Crippen LogP contribution is 2.22. The lowest BCUT2D eigenvalue weighted by atomic mass is 9.96. The number of halogens is 2. The van der Waals surface area contributed by atoms with Crippen LogP contribution in [0.25, 0.3) is 0 Å². The molecule has 1 aromatic carbocycles. The topological polar surface area (TPSA) is 64.9 Å². The molecule has 2 aromatic rings. The van der Waals surface area contributed by atoms with Gasteiger partial charge in [-0.2, -0.15) is 4.98 Å². The Morgan fingerprint density at radius 1 is 1.30 bits per heavy atom. The van der Waals surface area contributed by atoms with E-state index in [1.165, 1.54) is 12.1 Å². The Kier molecular flexibility index (Phi) is 4.44. The minimum Gasteiger partial charge on any atom is -0.339 e. The summed E-state index contributed by atoms with van der Waals surface area (Å²) in [5, 5.41) is 3.82. The van der Waals surface area contributed by atoms with Crippen LogP contribution in [0.4, 0.5) is 8.78 Å².